The number of ether oxygens (including phenoxy) is 1. The van der Waals surface area contributed by atoms with Crippen molar-refractivity contribution in [3.05, 3.63) is 21.9 Å². The number of hydrogen-bond donors (Lipinski definition) is 0. The summed E-state index contributed by atoms with van der Waals surface area (Å²) in [6.45, 7) is 0. The second kappa shape index (κ2) is 3.10. The summed E-state index contributed by atoms with van der Waals surface area (Å²) in [6, 6.07) is 0. The quantitative estimate of drug-likeness (QED) is 0.755. The van der Waals surface area contributed by atoms with Gasteiger partial charge < -0.3 is 4.74 Å². The lowest BCUT2D eigenvalue weighted by Crippen LogP contribution is -1.98. The Labute approximate surface area is 84.2 Å². The highest BCUT2D eigenvalue weighted by atomic mass is 79.9. The molecule has 0 bridgehead atoms. The van der Waals surface area contributed by atoms with Crippen LogP contribution in [-0.4, -0.2) is 17.9 Å². The Morgan fingerprint density at radius 2 is 2.31 bits per heavy atom. The Bertz CT molecular complexity index is 376. The minimum atomic E-state index is 0.112. The SMILES string of the molecule is COc1c(Br)cnc2c1CCC2=O. The Hall–Kier alpha value is -0.900. The Morgan fingerprint density at radius 3 is 3.00 bits per heavy atom. The number of carbonyl (C=O) groups excluding carboxylic acids is 1. The van der Waals surface area contributed by atoms with Crippen LogP contribution >= 0.6 is 15.9 Å². The predicted molar refractivity (Wildman–Crippen MR) is 51.1 cm³/mol. The number of carbonyl (C=O) groups is 1. The smallest absolute Gasteiger partial charge is 0.181 e. The molecule has 1 heterocycles. The van der Waals surface area contributed by atoms with Crippen LogP contribution in [0, 0.1) is 0 Å². The average molecular weight is 242 g/mol. The van der Waals surface area contributed by atoms with Crippen molar-refractivity contribution >= 4 is 21.7 Å². The van der Waals surface area contributed by atoms with Crippen molar-refractivity contribution in [2.75, 3.05) is 7.11 Å². The Morgan fingerprint density at radius 1 is 1.54 bits per heavy atom. The molecule has 3 nitrogen and oxygen atoms in total. The number of nitrogens with zero attached hydrogens (tertiary/aromatic N) is 1. The van der Waals surface area contributed by atoms with Crippen LogP contribution in [0.15, 0.2) is 10.7 Å². The molecule has 0 unspecified atom stereocenters. The molecule has 1 aliphatic rings. The normalized spacial score (nSPS) is 14.5. The first-order chi connectivity index (χ1) is 6.24. The summed E-state index contributed by atoms with van der Waals surface area (Å²) in [6.07, 6.45) is 2.90. The number of methoxy groups -OCH3 is 1. The molecule has 0 saturated carbocycles. The Balaban J connectivity index is 2.64. The van der Waals surface area contributed by atoms with Crippen molar-refractivity contribution in [2.45, 2.75) is 12.8 Å². The molecule has 0 saturated heterocycles. The van der Waals surface area contributed by atoms with Crippen LogP contribution in [0.25, 0.3) is 0 Å². The number of aromatic nitrogens is 1. The van der Waals surface area contributed by atoms with E-state index in [1.54, 1.807) is 13.3 Å². The van der Waals surface area contributed by atoms with Crippen LogP contribution in [0.1, 0.15) is 22.5 Å². The van der Waals surface area contributed by atoms with Gasteiger partial charge in [-0.05, 0) is 22.4 Å². The number of pyridine rings is 1. The third-order valence-corrected chi connectivity index (χ3v) is 2.72. The molecular formula is C9H8BrNO2. The first kappa shape index (κ1) is 8.69. The third-order valence-electron chi connectivity index (χ3n) is 2.15. The first-order valence-electron chi connectivity index (χ1n) is 3.98. The molecule has 0 aromatic carbocycles. The van der Waals surface area contributed by atoms with Gasteiger partial charge in [0.2, 0.25) is 0 Å². The van der Waals surface area contributed by atoms with Gasteiger partial charge in [-0.1, -0.05) is 0 Å². The summed E-state index contributed by atoms with van der Waals surface area (Å²) < 4.78 is 6.01. The molecule has 0 amide bonds. The van der Waals surface area contributed by atoms with Crippen molar-refractivity contribution in [1.29, 1.82) is 0 Å². The van der Waals surface area contributed by atoms with Gasteiger partial charge >= 0.3 is 0 Å². The predicted octanol–water partition coefficient (Wildman–Crippen LogP) is 1.98. The number of Topliss-reactive ketones (excluding diaryl/α,β-unsaturated/α-hetero) is 1. The minimum absolute atomic E-state index is 0.112. The fourth-order valence-electron chi connectivity index (χ4n) is 1.56. The van der Waals surface area contributed by atoms with E-state index in [9.17, 15) is 4.79 Å². The highest BCUT2D eigenvalue weighted by molar-refractivity contribution is 9.10. The maximum Gasteiger partial charge on any atom is 0.181 e. The van der Waals surface area contributed by atoms with Gasteiger partial charge in [0.25, 0.3) is 0 Å². The van der Waals surface area contributed by atoms with Gasteiger partial charge in [0.15, 0.2) is 5.78 Å². The van der Waals surface area contributed by atoms with E-state index in [4.69, 9.17) is 4.74 Å². The number of ketones is 1. The highest BCUT2D eigenvalue weighted by Crippen LogP contribution is 2.34. The summed E-state index contributed by atoms with van der Waals surface area (Å²) >= 11 is 3.33. The van der Waals surface area contributed by atoms with E-state index in [2.05, 4.69) is 20.9 Å². The zero-order valence-electron chi connectivity index (χ0n) is 7.13. The summed E-state index contributed by atoms with van der Waals surface area (Å²) in [7, 11) is 1.60. The standard InChI is InChI=1S/C9H8BrNO2/c1-13-9-5-2-3-7(12)8(5)11-4-6(9)10/h4H,2-3H2,1H3. The summed E-state index contributed by atoms with van der Waals surface area (Å²) in [4.78, 5) is 15.4. The van der Waals surface area contributed by atoms with E-state index >= 15 is 0 Å². The summed E-state index contributed by atoms with van der Waals surface area (Å²) in [5, 5.41) is 0. The molecule has 0 N–H and O–H groups in total. The molecule has 0 radical (unpaired) electrons. The fraction of sp³-hybridized carbons (Fsp3) is 0.333. The molecule has 0 spiro atoms. The molecule has 4 heteroatoms. The van der Waals surface area contributed by atoms with Crippen LogP contribution in [0.3, 0.4) is 0 Å². The van der Waals surface area contributed by atoms with E-state index in [-0.39, 0.29) is 5.78 Å². The van der Waals surface area contributed by atoms with Crippen molar-refractivity contribution < 1.29 is 9.53 Å². The van der Waals surface area contributed by atoms with Crippen LogP contribution < -0.4 is 4.74 Å². The van der Waals surface area contributed by atoms with Crippen molar-refractivity contribution in [3.63, 3.8) is 0 Å². The molecule has 1 aromatic heterocycles. The lowest BCUT2D eigenvalue weighted by molar-refractivity contribution is 0.0990. The molecule has 2 rings (SSSR count). The number of halogens is 1. The third kappa shape index (κ3) is 1.25. The lowest BCUT2D eigenvalue weighted by atomic mass is 10.2. The second-order valence-electron chi connectivity index (χ2n) is 2.89. The molecule has 0 aliphatic heterocycles. The highest BCUT2D eigenvalue weighted by Gasteiger charge is 2.25. The van der Waals surface area contributed by atoms with E-state index in [1.165, 1.54) is 0 Å². The molecule has 13 heavy (non-hydrogen) atoms. The zero-order chi connectivity index (χ0) is 9.42. The second-order valence-corrected chi connectivity index (χ2v) is 3.74. The molecule has 1 aromatic rings. The van der Waals surface area contributed by atoms with E-state index in [0.717, 1.165) is 22.2 Å². The fourth-order valence-corrected chi connectivity index (χ4v) is 2.06. The largest absolute Gasteiger partial charge is 0.495 e. The molecule has 0 atom stereocenters. The van der Waals surface area contributed by atoms with Gasteiger partial charge in [0.05, 0.1) is 11.6 Å². The molecule has 1 aliphatic carbocycles. The topological polar surface area (TPSA) is 39.2 Å². The number of rotatable bonds is 1. The summed E-state index contributed by atoms with van der Waals surface area (Å²) in [5.41, 5.74) is 1.50. The van der Waals surface area contributed by atoms with Crippen molar-refractivity contribution in [3.8, 4) is 5.75 Å². The van der Waals surface area contributed by atoms with Crippen molar-refractivity contribution in [1.82, 2.24) is 4.98 Å². The van der Waals surface area contributed by atoms with E-state index < -0.39 is 0 Å². The maximum atomic E-state index is 11.3. The monoisotopic (exact) mass is 241 g/mol. The Kier molecular flexibility index (Phi) is 2.07. The van der Waals surface area contributed by atoms with Gasteiger partial charge in [0, 0.05) is 18.2 Å². The maximum absolute atomic E-state index is 11.3. The van der Waals surface area contributed by atoms with Crippen LogP contribution in [-0.2, 0) is 6.42 Å². The molecule has 68 valence electrons. The minimum Gasteiger partial charge on any atom is -0.495 e. The van der Waals surface area contributed by atoms with Gasteiger partial charge in [-0.25, -0.2) is 0 Å². The number of fused-ring (bicyclic) bond motifs is 1. The van der Waals surface area contributed by atoms with Gasteiger partial charge in [0.1, 0.15) is 11.4 Å². The van der Waals surface area contributed by atoms with Crippen LogP contribution in [0.2, 0.25) is 0 Å². The van der Waals surface area contributed by atoms with Gasteiger partial charge in [-0.15, -0.1) is 0 Å². The van der Waals surface area contributed by atoms with Gasteiger partial charge in [-0.2, -0.15) is 0 Å². The lowest BCUT2D eigenvalue weighted by Gasteiger charge is -2.06. The zero-order valence-corrected chi connectivity index (χ0v) is 8.72. The van der Waals surface area contributed by atoms with E-state index in [1.807, 2.05) is 0 Å². The molecule has 0 fully saturated rings. The number of hydrogen-bond acceptors (Lipinski definition) is 3. The van der Waals surface area contributed by atoms with E-state index in [0.29, 0.717) is 12.1 Å². The molecular weight excluding hydrogens is 234 g/mol. The van der Waals surface area contributed by atoms with Crippen LogP contribution in [0.5, 0.6) is 5.75 Å². The summed E-state index contributed by atoms with van der Waals surface area (Å²) in [5.74, 6) is 0.858. The van der Waals surface area contributed by atoms with Crippen LogP contribution in [0.4, 0.5) is 0 Å². The first-order valence-corrected chi connectivity index (χ1v) is 4.78. The average Bonchev–Trinajstić information content (AvgIpc) is 2.48. The van der Waals surface area contributed by atoms with Gasteiger partial charge in [-0.3, -0.25) is 9.78 Å². The van der Waals surface area contributed by atoms with Crippen molar-refractivity contribution in [2.24, 2.45) is 0 Å².